The number of halogens is 1. The first-order valence-electron chi connectivity index (χ1n) is 11.5. The quantitative estimate of drug-likeness (QED) is 0.493. The maximum atomic E-state index is 14.1. The zero-order chi connectivity index (χ0) is 24.2. The summed E-state index contributed by atoms with van der Waals surface area (Å²) in [6, 6.07) is 9.57. The number of phenols is 1. The maximum absolute atomic E-state index is 14.1. The molecule has 34 heavy (non-hydrogen) atoms. The highest BCUT2D eigenvalue weighted by atomic mass is 19.1. The normalized spacial score (nSPS) is 15.1. The van der Waals surface area contributed by atoms with Crippen molar-refractivity contribution in [3.05, 3.63) is 59.0 Å². The van der Waals surface area contributed by atoms with Gasteiger partial charge in [-0.2, -0.15) is 0 Å². The Labute approximate surface area is 197 Å². The number of hydrogen-bond acceptors (Lipinski definition) is 5. The number of nitrogens with zero attached hydrogens (tertiary/aromatic N) is 1. The second-order valence-electron chi connectivity index (χ2n) is 8.49. The second kappa shape index (κ2) is 10.2. The van der Waals surface area contributed by atoms with Crippen LogP contribution in [0, 0.1) is 5.82 Å². The van der Waals surface area contributed by atoms with Crippen LogP contribution in [0.1, 0.15) is 36.6 Å². The van der Waals surface area contributed by atoms with Crippen molar-refractivity contribution < 1.29 is 28.6 Å². The minimum atomic E-state index is -0.334. The van der Waals surface area contributed by atoms with E-state index in [0.29, 0.717) is 38.0 Å². The van der Waals surface area contributed by atoms with E-state index in [0.717, 1.165) is 34.1 Å². The predicted molar refractivity (Wildman–Crippen MR) is 125 cm³/mol. The van der Waals surface area contributed by atoms with Gasteiger partial charge in [-0.1, -0.05) is 6.07 Å². The number of fused-ring (bicyclic) bond motifs is 3. The zero-order valence-electron chi connectivity index (χ0n) is 19.4. The number of aromatic nitrogens is 1. The van der Waals surface area contributed by atoms with Crippen molar-refractivity contribution in [2.24, 2.45) is 0 Å². The van der Waals surface area contributed by atoms with Gasteiger partial charge in [-0.3, -0.25) is 9.59 Å². The molecule has 1 aromatic heterocycles. The first-order valence-corrected chi connectivity index (χ1v) is 11.5. The van der Waals surface area contributed by atoms with E-state index in [1.54, 1.807) is 31.2 Å². The lowest BCUT2D eigenvalue weighted by Crippen LogP contribution is -2.39. The van der Waals surface area contributed by atoms with E-state index in [1.165, 1.54) is 19.2 Å². The largest absolute Gasteiger partial charge is 0.504 e. The summed E-state index contributed by atoms with van der Waals surface area (Å²) >= 11 is 0. The van der Waals surface area contributed by atoms with Crippen molar-refractivity contribution in [2.45, 2.75) is 51.6 Å². The molecule has 8 heteroatoms. The molecule has 2 aromatic carbocycles. The van der Waals surface area contributed by atoms with E-state index in [1.807, 2.05) is 4.57 Å². The van der Waals surface area contributed by atoms with Crippen molar-refractivity contribution in [1.29, 1.82) is 0 Å². The van der Waals surface area contributed by atoms with Gasteiger partial charge in [0, 0.05) is 29.1 Å². The van der Waals surface area contributed by atoms with Gasteiger partial charge in [0.2, 0.25) is 5.91 Å². The van der Waals surface area contributed by atoms with E-state index in [4.69, 9.17) is 9.47 Å². The lowest BCUT2D eigenvalue weighted by molar-refractivity contribution is -0.143. The number of carbonyl (C=O) groups is 2. The molecule has 7 nitrogen and oxygen atoms in total. The molecule has 0 saturated carbocycles. The average Bonchev–Trinajstić information content (AvgIpc) is 3.10. The summed E-state index contributed by atoms with van der Waals surface area (Å²) in [5, 5.41) is 13.6. The molecule has 2 N–H and O–H groups in total. The Bertz CT molecular complexity index is 1220. The number of methoxy groups -OCH3 is 1. The maximum Gasteiger partial charge on any atom is 0.325 e. The molecule has 4 rings (SSSR count). The number of hydrogen-bond donors (Lipinski definition) is 2. The summed E-state index contributed by atoms with van der Waals surface area (Å²) in [6.45, 7) is 2.15. The van der Waals surface area contributed by atoms with Gasteiger partial charge in [-0.05, 0) is 74.1 Å². The molecule has 180 valence electrons. The molecule has 1 atom stereocenters. The topological polar surface area (TPSA) is 89.8 Å². The SMILES string of the molecule is CCOC(=O)Cn1c2c(c3cc(F)ccc31)C[C@@H](NC(=O)CCc1ccc(O)c(OC)c1)CC2. The first kappa shape index (κ1) is 23.6. The number of nitrogens with one attached hydrogen (secondary N) is 1. The summed E-state index contributed by atoms with van der Waals surface area (Å²) in [6.07, 6.45) is 2.80. The number of aromatic hydroxyl groups is 1. The first-order chi connectivity index (χ1) is 16.4. The fraction of sp³-hybridized carbons (Fsp3) is 0.385. The van der Waals surface area contributed by atoms with E-state index in [-0.39, 0.29) is 36.0 Å². The molecular formula is C26H29FN2O5. The van der Waals surface area contributed by atoms with Crippen LogP contribution in [0.2, 0.25) is 0 Å². The fourth-order valence-electron chi connectivity index (χ4n) is 4.70. The van der Waals surface area contributed by atoms with Crippen LogP contribution in [-0.2, 0) is 40.1 Å². The van der Waals surface area contributed by atoms with E-state index in [2.05, 4.69) is 5.32 Å². The molecule has 0 spiro atoms. The summed E-state index contributed by atoms with van der Waals surface area (Å²) in [7, 11) is 1.48. The molecular weight excluding hydrogens is 439 g/mol. The highest BCUT2D eigenvalue weighted by molar-refractivity contribution is 5.87. The van der Waals surface area contributed by atoms with Crippen molar-refractivity contribution in [1.82, 2.24) is 9.88 Å². The summed E-state index contributed by atoms with van der Waals surface area (Å²) in [5.74, 6) is -0.287. The highest BCUT2D eigenvalue weighted by Crippen LogP contribution is 2.33. The second-order valence-corrected chi connectivity index (χ2v) is 8.49. The van der Waals surface area contributed by atoms with Gasteiger partial charge in [0.1, 0.15) is 12.4 Å². The lowest BCUT2D eigenvalue weighted by Gasteiger charge is -2.25. The molecule has 0 saturated heterocycles. The van der Waals surface area contributed by atoms with Gasteiger partial charge in [0.05, 0.1) is 13.7 Å². The molecule has 0 unspecified atom stereocenters. The van der Waals surface area contributed by atoms with Crippen LogP contribution in [0.5, 0.6) is 11.5 Å². The molecule has 1 aliphatic rings. The van der Waals surface area contributed by atoms with Crippen LogP contribution in [-0.4, -0.2) is 41.3 Å². The third kappa shape index (κ3) is 5.00. The third-order valence-corrected chi connectivity index (χ3v) is 6.27. The van der Waals surface area contributed by atoms with Crippen LogP contribution in [0.4, 0.5) is 4.39 Å². The van der Waals surface area contributed by atoms with Gasteiger partial charge >= 0.3 is 5.97 Å². The Kier molecular flexibility index (Phi) is 7.05. The molecule has 0 bridgehead atoms. The molecule has 1 amide bonds. The van der Waals surface area contributed by atoms with Crippen LogP contribution >= 0.6 is 0 Å². The number of amides is 1. The zero-order valence-corrected chi connectivity index (χ0v) is 19.4. The number of carbonyl (C=O) groups excluding carboxylic acids is 2. The molecule has 1 aliphatic carbocycles. The van der Waals surface area contributed by atoms with Crippen molar-refractivity contribution in [3.63, 3.8) is 0 Å². The van der Waals surface area contributed by atoms with E-state index < -0.39 is 0 Å². The van der Waals surface area contributed by atoms with E-state index >= 15 is 0 Å². The number of phenolic OH excluding ortho intramolecular Hbond substituents is 1. The fourth-order valence-corrected chi connectivity index (χ4v) is 4.70. The average molecular weight is 469 g/mol. The number of rotatable bonds is 8. The smallest absolute Gasteiger partial charge is 0.325 e. The summed E-state index contributed by atoms with van der Waals surface area (Å²) in [5.41, 5.74) is 3.66. The van der Waals surface area contributed by atoms with Gasteiger partial charge in [0.25, 0.3) is 0 Å². The summed E-state index contributed by atoms with van der Waals surface area (Å²) in [4.78, 5) is 24.8. The molecule has 0 radical (unpaired) electrons. The molecule has 3 aromatic rings. The van der Waals surface area contributed by atoms with Crippen LogP contribution in [0.3, 0.4) is 0 Å². The standard InChI is InChI=1S/C26H29FN2O5/c1-3-34-26(32)15-29-21-8-6-17(27)13-19(21)20-14-18(7-9-22(20)29)28-25(31)11-5-16-4-10-23(30)24(12-16)33-2/h4,6,8,10,12-13,18,30H,3,5,7,9,11,14-15H2,1-2H3,(H,28,31)/t18-/m0/s1. The number of aryl methyl sites for hydroxylation is 1. The van der Waals surface area contributed by atoms with Crippen molar-refractivity contribution in [2.75, 3.05) is 13.7 Å². The van der Waals surface area contributed by atoms with E-state index in [9.17, 15) is 19.1 Å². The Morgan fingerprint density at radius 1 is 1.24 bits per heavy atom. The predicted octanol–water partition coefficient (Wildman–Crippen LogP) is 3.66. The van der Waals surface area contributed by atoms with Gasteiger partial charge in [-0.15, -0.1) is 0 Å². The van der Waals surface area contributed by atoms with Crippen molar-refractivity contribution >= 4 is 22.8 Å². The van der Waals surface area contributed by atoms with Crippen LogP contribution < -0.4 is 10.1 Å². The number of ether oxygens (including phenoxy) is 2. The van der Waals surface area contributed by atoms with Gasteiger partial charge in [-0.25, -0.2) is 4.39 Å². The molecule has 1 heterocycles. The van der Waals surface area contributed by atoms with Gasteiger partial charge in [0.15, 0.2) is 11.5 Å². The van der Waals surface area contributed by atoms with Crippen molar-refractivity contribution in [3.8, 4) is 11.5 Å². The number of esters is 1. The molecule has 0 fully saturated rings. The van der Waals surface area contributed by atoms with Crippen LogP contribution in [0.15, 0.2) is 36.4 Å². The lowest BCUT2D eigenvalue weighted by atomic mass is 9.91. The highest BCUT2D eigenvalue weighted by Gasteiger charge is 2.27. The minimum Gasteiger partial charge on any atom is -0.504 e. The Morgan fingerprint density at radius 3 is 2.82 bits per heavy atom. The Balaban J connectivity index is 1.46. The minimum absolute atomic E-state index is 0.0623. The third-order valence-electron chi connectivity index (χ3n) is 6.27. The number of benzene rings is 2. The van der Waals surface area contributed by atoms with Crippen LogP contribution in [0.25, 0.3) is 10.9 Å². The Morgan fingerprint density at radius 2 is 2.06 bits per heavy atom. The van der Waals surface area contributed by atoms with Gasteiger partial charge < -0.3 is 24.5 Å². The summed E-state index contributed by atoms with van der Waals surface area (Å²) < 4.78 is 26.2. The Hall–Kier alpha value is -3.55. The molecule has 0 aliphatic heterocycles. The monoisotopic (exact) mass is 468 g/mol.